The largest absolute Gasteiger partial charge is 0.379 e. The van der Waals surface area contributed by atoms with Crippen molar-refractivity contribution in [1.82, 2.24) is 15.4 Å². The Morgan fingerprint density at radius 1 is 1.06 bits per heavy atom. The molecule has 0 radical (unpaired) electrons. The van der Waals surface area contributed by atoms with Gasteiger partial charge >= 0.3 is 0 Å². The number of nitrogens with zero attached hydrogens (tertiary/aromatic N) is 2. The minimum atomic E-state index is -0.218. The maximum Gasteiger partial charge on any atom is 0.231 e. The van der Waals surface area contributed by atoms with Crippen LogP contribution in [0.15, 0.2) is 59.1 Å². The fourth-order valence-electron chi connectivity index (χ4n) is 3.64. The summed E-state index contributed by atoms with van der Waals surface area (Å²) >= 11 is 0. The standard InChI is InChI=1S/C24H28FN5O2/c25-22-4-2-1-3-21(22)19-8-5-18(6-9-19)7-10-20-17-23(32-29-20)28-24(26)27-11-12-30-13-15-31-16-14-30/h1-6,8-9,17H,7,10-16H2,(H3,26,27,28). The third-order valence-corrected chi connectivity index (χ3v) is 5.45. The summed E-state index contributed by atoms with van der Waals surface area (Å²) in [5, 5.41) is 18.0. The van der Waals surface area contributed by atoms with E-state index < -0.39 is 0 Å². The van der Waals surface area contributed by atoms with E-state index in [1.165, 1.54) is 6.07 Å². The molecule has 8 heteroatoms. The Labute approximate surface area is 187 Å². The van der Waals surface area contributed by atoms with Gasteiger partial charge in [0.05, 0.1) is 18.9 Å². The van der Waals surface area contributed by atoms with Crippen LogP contribution in [0.25, 0.3) is 11.1 Å². The molecule has 0 spiro atoms. The number of aromatic nitrogens is 1. The monoisotopic (exact) mass is 437 g/mol. The zero-order chi connectivity index (χ0) is 22.2. The smallest absolute Gasteiger partial charge is 0.231 e. The number of guanidine groups is 1. The van der Waals surface area contributed by atoms with Crippen LogP contribution < -0.4 is 10.6 Å². The van der Waals surface area contributed by atoms with E-state index >= 15 is 0 Å². The normalized spacial score (nSPS) is 14.3. The van der Waals surface area contributed by atoms with Crippen LogP contribution >= 0.6 is 0 Å². The molecule has 2 heterocycles. The summed E-state index contributed by atoms with van der Waals surface area (Å²) in [6, 6.07) is 16.5. The molecule has 1 saturated heterocycles. The van der Waals surface area contributed by atoms with Gasteiger partial charge in [0.1, 0.15) is 5.82 Å². The van der Waals surface area contributed by atoms with Crippen molar-refractivity contribution in [3.05, 3.63) is 71.7 Å². The summed E-state index contributed by atoms with van der Waals surface area (Å²) in [6.45, 7) is 4.94. The second-order valence-corrected chi connectivity index (χ2v) is 7.74. The predicted molar refractivity (Wildman–Crippen MR) is 122 cm³/mol. The highest BCUT2D eigenvalue weighted by molar-refractivity contribution is 5.89. The van der Waals surface area contributed by atoms with Crippen LogP contribution in [-0.4, -0.2) is 55.4 Å². The van der Waals surface area contributed by atoms with Crippen LogP contribution in [0, 0.1) is 11.2 Å². The summed E-state index contributed by atoms with van der Waals surface area (Å²) in [5.41, 5.74) is 3.42. The molecule has 4 rings (SSSR count). The van der Waals surface area contributed by atoms with Crippen molar-refractivity contribution < 1.29 is 13.7 Å². The lowest BCUT2D eigenvalue weighted by Crippen LogP contribution is -2.42. The molecule has 0 unspecified atom stereocenters. The van der Waals surface area contributed by atoms with Crippen molar-refractivity contribution in [2.75, 3.05) is 44.7 Å². The van der Waals surface area contributed by atoms with E-state index in [1.807, 2.05) is 36.4 Å². The van der Waals surface area contributed by atoms with Crippen molar-refractivity contribution in [2.24, 2.45) is 0 Å². The zero-order valence-corrected chi connectivity index (χ0v) is 17.9. The van der Waals surface area contributed by atoms with E-state index in [9.17, 15) is 4.39 Å². The number of nitrogens with one attached hydrogen (secondary N) is 3. The van der Waals surface area contributed by atoms with Crippen molar-refractivity contribution in [3.63, 3.8) is 0 Å². The first-order chi connectivity index (χ1) is 15.7. The molecule has 7 nitrogen and oxygen atoms in total. The van der Waals surface area contributed by atoms with Gasteiger partial charge in [-0.1, -0.05) is 47.6 Å². The lowest BCUT2D eigenvalue weighted by atomic mass is 10.0. The average molecular weight is 438 g/mol. The Morgan fingerprint density at radius 2 is 1.84 bits per heavy atom. The summed E-state index contributed by atoms with van der Waals surface area (Å²) in [4.78, 5) is 2.30. The second-order valence-electron chi connectivity index (χ2n) is 7.74. The van der Waals surface area contributed by atoms with Crippen LogP contribution in [0.1, 0.15) is 11.3 Å². The van der Waals surface area contributed by atoms with Crippen molar-refractivity contribution >= 4 is 11.8 Å². The second kappa shape index (κ2) is 10.9. The zero-order valence-electron chi connectivity index (χ0n) is 17.9. The van der Waals surface area contributed by atoms with E-state index in [0.29, 0.717) is 24.4 Å². The first kappa shape index (κ1) is 22.0. The molecule has 0 aliphatic carbocycles. The van der Waals surface area contributed by atoms with Gasteiger partial charge in [0, 0.05) is 37.8 Å². The lowest BCUT2D eigenvalue weighted by molar-refractivity contribution is 0.0389. The number of rotatable bonds is 8. The number of anilines is 1. The van der Waals surface area contributed by atoms with E-state index in [4.69, 9.17) is 14.7 Å². The Balaban J connectivity index is 1.21. The Hall–Kier alpha value is -3.23. The predicted octanol–water partition coefficient (Wildman–Crippen LogP) is 3.53. The van der Waals surface area contributed by atoms with Crippen LogP contribution in [-0.2, 0) is 17.6 Å². The van der Waals surface area contributed by atoms with Crippen molar-refractivity contribution in [3.8, 4) is 11.1 Å². The number of morpholine rings is 1. The highest BCUT2D eigenvalue weighted by Crippen LogP contribution is 2.23. The molecule has 1 fully saturated rings. The molecule has 3 N–H and O–H groups in total. The molecule has 0 atom stereocenters. The van der Waals surface area contributed by atoms with Crippen molar-refractivity contribution in [1.29, 1.82) is 5.41 Å². The number of halogens is 1. The third-order valence-electron chi connectivity index (χ3n) is 5.45. The summed E-state index contributed by atoms with van der Waals surface area (Å²) in [7, 11) is 0. The fourth-order valence-corrected chi connectivity index (χ4v) is 3.64. The molecule has 0 saturated carbocycles. The maximum absolute atomic E-state index is 13.9. The van der Waals surface area contributed by atoms with Gasteiger partial charge in [-0.15, -0.1) is 0 Å². The van der Waals surface area contributed by atoms with Gasteiger partial charge in [-0.25, -0.2) is 4.39 Å². The molecular formula is C24H28FN5O2. The summed E-state index contributed by atoms with van der Waals surface area (Å²) < 4.78 is 24.6. The van der Waals surface area contributed by atoms with E-state index in [1.54, 1.807) is 12.1 Å². The fraction of sp³-hybridized carbons (Fsp3) is 0.333. The first-order valence-electron chi connectivity index (χ1n) is 10.9. The Kier molecular flexibility index (Phi) is 7.47. The number of ether oxygens (including phenoxy) is 1. The van der Waals surface area contributed by atoms with Crippen LogP contribution in [0.5, 0.6) is 0 Å². The molecule has 1 aromatic heterocycles. The molecular weight excluding hydrogens is 409 g/mol. The van der Waals surface area contributed by atoms with Gasteiger partial charge in [0.25, 0.3) is 0 Å². The molecule has 168 valence electrons. The Bertz CT molecular complexity index is 1020. The SMILES string of the molecule is N=C(NCCN1CCOCC1)Nc1cc(CCc2ccc(-c3ccccc3F)cc2)no1. The van der Waals surface area contributed by atoms with Gasteiger partial charge < -0.3 is 14.6 Å². The molecule has 0 amide bonds. The minimum Gasteiger partial charge on any atom is -0.379 e. The average Bonchev–Trinajstić information content (AvgIpc) is 3.26. The highest BCUT2D eigenvalue weighted by atomic mass is 19.1. The number of hydrogen-bond donors (Lipinski definition) is 3. The van der Waals surface area contributed by atoms with Gasteiger partial charge in [0.2, 0.25) is 5.88 Å². The highest BCUT2D eigenvalue weighted by Gasteiger charge is 2.11. The van der Waals surface area contributed by atoms with Gasteiger partial charge in [-0.2, -0.15) is 0 Å². The number of aryl methyl sites for hydroxylation is 2. The van der Waals surface area contributed by atoms with E-state index in [-0.39, 0.29) is 11.8 Å². The minimum absolute atomic E-state index is 0.185. The summed E-state index contributed by atoms with van der Waals surface area (Å²) in [6.07, 6.45) is 1.50. The molecule has 1 aliphatic rings. The van der Waals surface area contributed by atoms with Crippen molar-refractivity contribution in [2.45, 2.75) is 12.8 Å². The molecule has 0 bridgehead atoms. The van der Waals surface area contributed by atoms with Crippen LogP contribution in [0.2, 0.25) is 0 Å². The van der Waals surface area contributed by atoms with Gasteiger partial charge in [-0.3, -0.25) is 15.6 Å². The number of hydrogen-bond acceptors (Lipinski definition) is 5. The topological polar surface area (TPSA) is 86.4 Å². The maximum atomic E-state index is 13.9. The molecule has 3 aromatic rings. The molecule has 2 aromatic carbocycles. The third kappa shape index (κ3) is 6.15. The van der Waals surface area contributed by atoms with Crippen LogP contribution in [0.4, 0.5) is 10.3 Å². The molecule has 1 aliphatic heterocycles. The van der Waals surface area contributed by atoms with Gasteiger partial charge in [0.15, 0.2) is 5.96 Å². The van der Waals surface area contributed by atoms with Gasteiger partial charge in [-0.05, 0) is 30.0 Å². The van der Waals surface area contributed by atoms with E-state index in [0.717, 1.165) is 56.1 Å². The van der Waals surface area contributed by atoms with Crippen LogP contribution in [0.3, 0.4) is 0 Å². The number of benzene rings is 2. The quantitative estimate of drug-likeness (QED) is 0.369. The summed E-state index contributed by atoms with van der Waals surface area (Å²) in [5.74, 6) is 0.410. The Morgan fingerprint density at radius 3 is 2.62 bits per heavy atom. The van der Waals surface area contributed by atoms with E-state index in [2.05, 4.69) is 20.7 Å². The molecule has 32 heavy (non-hydrogen) atoms. The lowest BCUT2D eigenvalue weighted by Gasteiger charge is -2.26. The first-order valence-corrected chi connectivity index (χ1v) is 10.9.